The fourth-order valence-corrected chi connectivity index (χ4v) is 2.61. The largest absolute Gasteiger partial charge is 0.494 e. The van der Waals surface area contributed by atoms with Gasteiger partial charge < -0.3 is 10.1 Å². The molecular weight excluding hydrogens is 321 g/mol. The zero-order chi connectivity index (χ0) is 18.4. The van der Waals surface area contributed by atoms with E-state index in [4.69, 9.17) is 4.74 Å². The van der Waals surface area contributed by atoms with E-state index < -0.39 is 5.82 Å². The summed E-state index contributed by atoms with van der Waals surface area (Å²) in [7, 11) is 1.40. The number of ether oxygens (including phenoxy) is 1. The second-order valence-corrected chi connectivity index (χ2v) is 5.81. The van der Waals surface area contributed by atoms with Gasteiger partial charge in [0.2, 0.25) is 0 Å². The van der Waals surface area contributed by atoms with Crippen molar-refractivity contribution in [2.24, 2.45) is 5.10 Å². The van der Waals surface area contributed by atoms with Crippen LogP contribution in [-0.2, 0) is 4.79 Å². The van der Waals surface area contributed by atoms with Gasteiger partial charge in [0, 0.05) is 5.69 Å². The first-order valence-corrected chi connectivity index (χ1v) is 7.88. The van der Waals surface area contributed by atoms with Crippen LogP contribution in [0.5, 0.6) is 5.75 Å². The van der Waals surface area contributed by atoms with E-state index in [1.165, 1.54) is 31.0 Å². The first-order chi connectivity index (χ1) is 11.9. The third-order valence-corrected chi connectivity index (χ3v) is 3.68. The summed E-state index contributed by atoms with van der Waals surface area (Å²) in [5, 5.41) is 6.96. The van der Waals surface area contributed by atoms with Crippen LogP contribution in [0.25, 0.3) is 0 Å². The third-order valence-electron chi connectivity index (χ3n) is 3.68. The number of hydrazone groups is 1. The molecule has 0 saturated carbocycles. The number of halogens is 1. The molecule has 2 aromatic carbocycles. The molecule has 0 aromatic heterocycles. The van der Waals surface area contributed by atoms with Crippen LogP contribution in [0.15, 0.2) is 35.4 Å². The molecule has 0 heterocycles. The zero-order valence-corrected chi connectivity index (χ0v) is 14.8. The van der Waals surface area contributed by atoms with Crippen molar-refractivity contribution in [1.29, 1.82) is 0 Å². The summed E-state index contributed by atoms with van der Waals surface area (Å²) in [4.78, 5) is 11.9. The molecule has 0 saturated heterocycles. The predicted molar refractivity (Wildman–Crippen MR) is 97.8 cm³/mol. The Morgan fingerprint density at radius 2 is 1.88 bits per heavy atom. The van der Waals surface area contributed by atoms with Gasteiger partial charge in [0.15, 0.2) is 11.6 Å². The van der Waals surface area contributed by atoms with Crippen LogP contribution < -0.4 is 15.5 Å². The second-order valence-electron chi connectivity index (χ2n) is 5.81. The molecular formula is C19H22FN3O2. The Hall–Kier alpha value is -2.89. The minimum atomic E-state index is -0.482. The number of hydrogen-bond donors (Lipinski definition) is 2. The highest BCUT2D eigenvalue weighted by Gasteiger charge is 2.06. The Bertz CT molecular complexity index is 780. The van der Waals surface area contributed by atoms with Crippen molar-refractivity contribution in [2.45, 2.75) is 20.8 Å². The summed E-state index contributed by atoms with van der Waals surface area (Å²) in [6.07, 6.45) is 1.38. The summed E-state index contributed by atoms with van der Waals surface area (Å²) in [5.74, 6) is -0.608. The SMILES string of the molecule is COc1ccc(/C=N\NC(=O)CNc2c(C)cc(C)cc2C)cc1F. The molecule has 0 unspecified atom stereocenters. The summed E-state index contributed by atoms with van der Waals surface area (Å²) in [6, 6.07) is 8.55. The molecule has 6 heteroatoms. The van der Waals surface area contributed by atoms with Crippen LogP contribution >= 0.6 is 0 Å². The van der Waals surface area contributed by atoms with Crippen LogP contribution in [-0.4, -0.2) is 25.8 Å². The van der Waals surface area contributed by atoms with E-state index in [1.807, 2.05) is 20.8 Å². The van der Waals surface area contributed by atoms with Gasteiger partial charge >= 0.3 is 0 Å². The minimum absolute atomic E-state index is 0.0963. The topological polar surface area (TPSA) is 62.7 Å². The molecule has 0 aliphatic heterocycles. The summed E-state index contributed by atoms with van der Waals surface area (Å²) < 4.78 is 18.4. The van der Waals surface area contributed by atoms with Crippen LogP contribution in [0.4, 0.5) is 10.1 Å². The molecule has 0 aliphatic rings. The molecule has 0 aliphatic carbocycles. The molecule has 2 aromatic rings. The normalized spacial score (nSPS) is 10.8. The zero-order valence-electron chi connectivity index (χ0n) is 14.8. The smallest absolute Gasteiger partial charge is 0.259 e. The van der Waals surface area contributed by atoms with Crippen molar-refractivity contribution < 1.29 is 13.9 Å². The average molecular weight is 343 g/mol. The maximum Gasteiger partial charge on any atom is 0.259 e. The number of methoxy groups -OCH3 is 1. The van der Waals surface area contributed by atoms with Gasteiger partial charge in [-0.3, -0.25) is 4.79 Å². The molecule has 2 N–H and O–H groups in total. The van der Waals surface area contributed by atoms with Gasteiger partial charge in [-0.25, -0.2) is 9.82 Å². The molecule has 2 rings (SSSR count). The molecule has 0 spiro atoms. The molecule has 0 fully saturated rings. The number of carbonyl (C=O) groups excluding carboxylic acids is 1. The summed E-state index contributed by atoms with van der Waals surface area (Å²) in [6.45, 7) is 6.12. The Morgan fingerprint density at radius 1 is 1.20 bits per heavy atom. The molecule has 0 atom stereocenters. The van der Waals surface area contributed by atoms with Gasteiger partial charge in [0.25, 0.3) is 5.91 Å². The lowest BCUT2D eigenvalue weighted by Crippen LogP contribution is -2.26. The fourth-order valence-electron chi connectivity index (χ4n) is 2.61. The maximum absolute atomic E-state index is 13.6. The van der Waals surface area contributed by atoms with E-state index in [2.05, 4.69) is 28.0 Å². The Kier molecular flexibility index (Phi) is 6.11. The van der Waals surface area contributed by atoms with E-state index in [1.54, 1.807) is 6.07 Å². The van der Waals surface area contributed by atoms with Crippen LogP contribution in [0, 0.1) is 26.6 Å². The number of amides is 1. The Balaban J connectivity index is 1.90. The number of rotatable bonds is 6. The summed E-state index contributed by atoms with van der Waals surface area (Å²) >= 11 is 0. The molecule has 0 radical (unpaired) electrons. The third kappa shape index (κ3) is 5.04. The first-order valence-electron chi connectivity index (χ1n) is 7.88. The molecule has 132 valence electrons. The molecule has 25 heavy (non-hydrogen) atoms. The number of aryl methyl sites for hydroxylation is 3. The van der Waals surface area contributed by atoms with E-state index in [-0.39, 0.29) is 18.2 Å². The van der Waals surface area contributed by atoms with Gasteiger partial charge in [0.1, 0.15) is 0 Å². The first kappa shape index (κ1) is 18.4. The average Bonchev–Trinajstić information content (AvgIpc) is 2.54. The lowest BCUT2D eigenvalue weighted by Gasteiger charge is -2.13. The number of anilines is 1. The van der Waals surface area contributed by atoms with Gasteiger partial charge in [-0.05, 0) is 55.7 Å². The van der Waals surface area contributed by atoms with Crippen molar-refractivity contribution in [2.75, 3.05) is 19.0 Å². The molecule has 0 bridgehead atoms. The lowest BCUT2D eigenvalue weighted by molar-refractivity contribution is -0.119. The lowest BCUT2D eigenvalue weighted by atomic mass is 10.1. The standard InChI is InChI=1S/C19H22FN3O2/c1-12-7-13(2)19(14(3)8-12)21-11-18(24)23-22-10-15-5-6-17(25-4)16(20)9-15/h5-10,21H,11H2,1-4H3,(H,23,24)/b22-10-. The van der Waals surface area contributed by atoms with Crippen molar-refractivity contribution in [3.8, 4) is 5.75 Å². The highest BCUT2D eigenvalue weighted by atomic mass is 19.1. The Labute approximate surface area is 146 Å². The number of nitrogens with zero attached hydrogens (tertiary/aromatic N) is 1. The summed E-state index contributed by atoms with van der Waals surface area (Å²) in [5.41, 5.74) is 7.24. The monoisotopic (exact) mass is 343 g/mol. The van der Waals surface area contributed by atoms with E-state index in [0.717, 1.165) is 16.8 Å². The van der Waals surface area contributed by atoms with Gasteiger partial charge in [0.05, 0.1) is 19.9 Å². The van der Waals surface area contributed by atoms with Crippen molar-refractivity contribution >= 4 is 17.8 Å². The van der Waals surface area contributed by atoms with Gasteiger partial charge in [-0.15, -0.1) is 0 Å². The highest BCUT2D eigenvalue weighted by Crippen LogP contribution is 2.21. The molecule has 5 nitrogen and oxygen atoms in total. The van der Waals surface area contributed by atoms with Crippen molar-refractivity contribution in [1.82, 2.24) is 5.43 Å². The van der Waals surface area contributed by atoms with Crippen LogP contribution in [0.3, 0.4) is 0 Å². The van der Waals surface area contributed by atoms with Crippen LogP contribution in [0.1, 0.15) is 22.3 Å². The predicted octanol–water partition coefficient (Wildman–Crippen LogP) is 3.32. The fraction of sp³-hybridized carbons (Fsp3) is 0.263. The minimum Gasteiger partial charge on any atom is -0.494 e. The molecule has 1 amide bonds. The number of nitrogens with one attached hydrogen (secondary N) is 2. The van der Waals surface area contributed by atoms with E-state index in [9.17, 15) is 9.18 Å². The van der Waals surface area contributed by atoms with Crippen LogP contribution in [0.2, 0.25) is 0 Å². The highest BCUT2D eigenvalue weighted by molar-refractivity contribution is 5.84. The maximum atomic E-state index is 13.6. The quantitative estimate of drug-likeness (QED) is 0.625. The van der Waals surface area contributed by atoms with Gasteiger partial charge in [-0.1, -0.05) is 17.7 Å². The van der Waals surface area contributed by atoms with Crippen molar-refractivity contribution in [3.63, 3.8) is 0 Å². The number of carbonyl (C=O) groups is 1. The number of hydrogen-bond acceptors (Lipinski definition) is 4. The van der Waals surface area contributed by atoms with Crippen molar-refractivity contribution in [3.05, 3.63) is 58.4 Å². The van der Waals surface area contributed by atoms with E-state index in [0.29, 0.717) is 5.56 Å². The number of benzene rings is 2. The Morgan fingerprint density at radius 3 is 2.48 bits per heavy atom. The van der Waals surface area contributed by atoms with E-state index >= 15 is 0 Å². The van der Waals surface area contributed by atoms with Gasteiger partial charge in [-0.2, -0.15) is 5.10 Å². The second kappa shape index (κ2) is 8.28.